The van der Waals surface area contributed by atoms with E-state index in [1.54, 1.807) is 13.3 Å². The van der Waals surface area contributed by atoms with Gasteiger partial charge in [0.05, 0.1) is 30.5 Å². The third-order valence-electron chi connectivity index (χ3n) is 3.87. The second-order valence-corrected chi connectivity index (χ2v) is 5.48. The van der Waals surface area contributed by atoms with Gasteiger partial charge in [0.2, 0.25) is 0 Å². The molecule has 0 aliphatic carbocycles. The van der Waals surface area contributed by atoms with Gasteiger partial charge in [-0.1, -0.05) is 12.1 Å². The fourth-order valence-electron chi connectivity index (χ4n) is 2.68. The van der Waals surface area contributed by atoms with Crippen molar-refractivity contribution in [2.45, 2.75) is 13.5 Å². The monoisotopic (exact) mass is 369 g/mol. The maximum atomic E-state index is 9.45. The summed E-state index contributed by atoms with van der Waals surface area (Å²) in [5.74, 6) is 1.56. The third-order valence-corrected chi connectivity index (χ3v) is 3.87. The average Bonchev–Trinajstić information content (AvgIpc) is 2.66. The molecule has 0 aliphatic rings. The van der Waals surface area contributed by atoms with Crippen molar-refractivity contribution in [3.8, 4) is 17.6 Å². The number of methoxy groups -OCH3 is 1. The Balaban J connectivity index is 0.00000243. The number of hydrogen-bond acceptors (Lipinski definition) is 5. The Labute approximate surface area is 159 Å². The number of nitrogens with zero attached hydrogens (tertiary/aromatic N) is 2. The molecule has 0 unspecified atom stereocenters. The standard InChI is InChI=1S/C20H19N3O2.ClH/c1-3-25-17-7-8-19-18(10-17)20(15(11-21)13-22-19)23-12-14-5-4-6-16(9-14)24-2;/h4-10,13H,3,12H2,1-2H3,(H,22,23);1H. The van der Waals surface area contributed by atoms with E-state index >= 15 is 0 Å². The van der Waals surface area contributed by atoms with Gasteiger partial charge in [0.1, 0.15) is 17.6 Å². The zero-order valence-corrected chi connectivity index (χ0v) is 15.5. The minimum Gasteiger partial charge on any atom is -0.497 e. The Morgan fingerprint density at radius 2 is 2.00 bits per heavy atom. The van der Waals surface area contributed by atoms with Crippen LogP contribution >= 0.6 is 12.4 Å². The van der Waals surface area contributed by atoms with Crippen LogP contribution in [0.25, 0.3) is 10.9 Å². The second kappa shape index (κ2) is 8.93. The predicted octanol–water partition coefficient (Wildman–Crippen LogP) is 4.55. The second-order valence-electron chi connectivity index (χ2n) is 5.48. The molecule has 26 heavy (non-hydrogen) atoms. The smallest absolute Gasteiger partial charge is 0.120 e. The topological polar surface area (TPSA) is 67.2 Å². The highest BCUT2D eigenvalue weighted by molar-refractivity contribution is 5.94. The van der Waals surface area contributed by atoms with Crippen LogP contribution in [0.4, 0.5) is 5.69 Å². The van der Waals surface area contributed by atoms with Crippen LogP contribution in [0, 0.1) is 11.3 Å². The van der Waals surface area contributed by atoms with Crippen molar-refractivity contribution >= 4 is 29.0 Å². The van der Waals surface area contributed by atoms with Gasteiger partial charge in [0.25, 0.3) is 0 Å². The molecule has 0 aliphatic heterocycles. The van der Waals surface area contributed by atoms with Crippen LogP contribution in [0.1, 0.15) is 18.1 Å². The number of aromatic nitrogens is 1. The molecular formula is C20H20ClN3O2. The summed E-state index contributed by atoms with van der Waals surface area (Å²) in [5, 5.41) is 13.7. The summed E-state index contributed by atoms with van der Waals surface area (Å²) in [5.41, 5.74) is 3.14. The number of nitrogens with one attached hydrogen (secondary N) is 1. The van der Waals surface area contributed by atoms with Gasteiger partial charge in [0.15, 0.2) is 0 Å². The molecular weight excluding hydrogens is 350 g/mol. The molecule has 1 N–H and O–H groups in total. The number of fused-ring (bicyclic) bond motifs is 1. The molecule has 3 aromatic rings. The van der Waals surface area contributed by atoms with E-state index in [4.69, 9.17) is 9.47 Å². The lowest BCUT2D eigenvalue weighted by molar-refractivity contribution is 0.340. The summed E-state index contributed by atoms with van der Waals surface area (Å²) in [7, 11) is 1.64. The summed E-state index contributed by atoms with van der Waals surface area (Å²) in [4.78, 5) is 4.36. The Morgan fingerprint density at radius 1 is 1.15 bits per heavy atom. The number of anilines is 1. The van der Waals surface area contributed by atoms with Crippen molar-refractivity contribution in [2.24, 2.45) is 0 Å². The molecule has 0 atom stereocenters. The van der Waals surface area contributed by atoms with E-state index in [1.165, 1.54) is 0 Å². The van der Waals surface area contributed by atoms with Crippen molar-refractivity contribution in [2.75, 3.05) is 19.0 Å². The number of ether oxygens (including phenoxy) is 2. The number of pyridine rings is 1. The average molecular weight is 370 g/mol. The van der Waals surface area contributed by atoms with Crippen LogP contribution in [0.5, 0.6) is 11.5 Å². The molecule has 3 rings (SSSR count). The van der Waals surface area contributed by atoms with Gasteiger partial charge >= 0.3 is 0 Å². The van der Waals surface area contributed by atoms with Gasteiger partial charge in [-0.3, -0.25) is 4.98 Å². The van der Waals surface area contributed by atoms with Gasteiger partial charge < -0.3 is 14.8 Å². The van der Waals surface area contributed by atoms with E-state index in [0.29, 0.717) is 18.7 Å². The fraction of sp³-hybridized carbons (Fsp3) is 0.200. The molecule has 134 valence electrons. The maximum Gasteiger partial charge on any atom is 0.120 e. The van der Waals surface area contributed by atoms with Crippen LogP contribution in [-0.4, -0.2) is 18.7 Å². The van der Waals surface area contributed by atoms with E-state index in [0.717, 1.165) is 33.7 Å². The SMILES string of the molecule is CCOc1ccc2ncc(C#N)c(NCc3cccc(OC)c3)c2c1.Cl. The number of hydrogen-bond donors (Lipinski definition) is 1. The first-order chi connectivity index (χ1) is 12.2. The van der Waals surface area contributed by atoms with Gasteiger partial charge in [-0.25, -0.2) is 0 Å². The van der Waals surface area contributed by atoms with E-state index in [9.17, 15) is 5.26 Å². The molecule has 0 spiro atoms. The molecule has 0 saturated carbocycles. The summed E-state index contributed by atoms with van der Waals surface area (Å²) < 4.78 is 10.8. The molecule has 0 bridgehead atoms. The van der Waals surface area contributed by atoms with Gasteiger partial charge in [0, 0.05) is 18.1 Å². The van der Waals surface area contributed by atoms with Crippen LogP contribution in [0.15, 0.2) is 48.7 Å². The van der Waals surface area contributed by atoms with E-state index in [-0.39, 0.29) is 12.4 Å². The number of nitriles is 1. The lowest BCUT2D eigenvalue weighted by Gasteiger charge is -2.13. The van der Waals surface area contributed by atoms with Crippen LogP contribution in [0.3, 0.4) is 0 Å². The summed E-state index contributed by atoms with van der Waals surface area (Å²) in [6, 6.07) is 15.7. The Morgan fingerprint density at radius 3 is 2.73 bits per heavy atom. The van der Waals surface area contributed by atoms with Crippen molar-refractivity contribution in [3.63, 3.8) is 0 Å². The normalized spacial score (nSPS) is 9.88. The molecule has 0 fully saturated rings. The number of benzene rings is 2. The minimum absolute atomic E-state index is 0. The van der Waals surface area contributed by atoms with Crippen molar-refractivity contribution in [1.82, 2.24) is 4.98 Å². The summed E-state index contributed by atoms with van der Waals surface area (Å²) in [6.45, 7) is 3.10. The maximum absolute atomic E-state index is 9.45. The highest BCUT2D eigenvalue weighted by atomic mass is 35.5. The van der Waals surface area contributed by atoms with Gasteiger partial charge in [-0.2, -0.15) is 5.26 Å². The zero-order valence-electron chi connectivity index (χ0n) is 14.7. The van der Waals surface area contributed by atoms with Crippen molar-refractivity contribution < 1.29 is 9.47 Å². The quantitative estimate of drug-likeness (QED) is 0.690. The van der Waals surface area contributed by atoms with Gasteiger partial charge in [-0.05, 0) is 42.8 Å². The molecule has 0 amide bonds. The van der Waals surface area contributed by atoms with Crippen LogP contribution in [-0.2, 0) is 6.54 Å². The lowest BCUT2D eigenvalue weighted by Crippen LogP contribution is -2.03. The molecule has 1 heterocycles. The van der Waals surface area contributed by atoms with Crippen LogP contribution in [0.2, 0.25) is 0 Å². The molecule has 0 saturated heterocycles. The van der Waals surface area contributed by atoms with E-state index in [2.05, 4.69) is 16.4 Å². The summed E-state index contributed by atoms with van der Waals surface area (Å²) >= 11 is 0. The zero-order chi connectivity index (χ0) is 17.6. The Bertz CT molecular complexity index is 938. The lowest BCUT2D eigenvalue weighted by atomic mass is 10.1. The first-order valence-corrected chi connectivity index (χ1v) is 8.07. The predicted molar refractivity (Wildman–Crippen MR) is 105 cm³/mol. The van der Waals surface area contributed by atoms with E-state index < -0.39 is 0 Å². The molecule has 2 aromatic carbocycles. The van der Waals surface area contributed by atoms with Crippen molar-refractivity contribution in [1.29, 1.82) is 5.26 Å². The highest BCUT2D eigenvalue weighted by Gasteiger charge is 2.10. The molecule has 1 aromatic heterocycles. The Hall–Kier alpha value is -2.97. The Kier molecular flexibility index (Phi) is 6.65. The first kappa shape index (κ1) is 19.4. The molecule has 6 heteroatoms. The third kappa shape index (κ3) is 4.16. The summed E-state index contributed by atoms with van der Waals surface area (Å²) in [6.07, 6.45) is 1.59. The first-order valence-electron chi connectivity index (χ1n) is 8.07. The fourth-order valence-corrected chi connectivity index (χ4v) is 2.68. The number of halogens is 1. The highest BCUT2D eigenvalue weighted by Crippen LogP contribution is 2.29. The largest absolute Gasteiger partial charge is 0.497 e. The van der Waals surface area contributed by atoms with Gasteiger partial charge in [-0.15, -0.1) is 12.4 Å². The number of rotatable bonds is 6. The van der Waals surface area contributed by atoms with Crippen LogP contribution < -0.4 is 14.8 Å². The molecule has 0 radical (unpaired) electrons. The minimum atomic E-state index is 0. The van der Waals surface area contributed by atoms with Crippen molar-refractivity contribution in [3.05, 3.63) is 59.8 Å². The van der Waals surface area contributed by atoms with E-state index in [1.807, 2.05) is 49.4 Å². The molecule has 5 nitrogen and oxygen atoms in total.